The number of rotatable bonds is 7. The first-order valence-electron chi connectivity index (χ1n) is 7.79. The van der Waals surface area contributed by atoms with E-state index < -0.39 is 0 Å². The molecule has 1 nitrogen and oxygen atoms in total. The van der Waals surface area contributed by atoms with Crippen LogP contribution < -0.4 is 5.32 Å². The molecule has 3 heteroatoms. The zero-order valence-electron chi connectivity index (χ0n) is 13.1. The molecule has 1 aromatic heterocycles. The van der Waals surface area contributed by atoms with Crippen LogP contribution in [0, 0.1) is 0 Å². The van der Waals surface area contributed by atoms with Crippen LogP contribution in [0.3, 0.4) is 0 Å². The van der Waals surface area contributed by atoms with E-state index in [1.165, 1.54) is 26.0 Å². The van der Waals surface area contributed by atoms with Crippen molar-refractivity contribution in [1.29, 1.82) is 0 Å². The zero-order valence-corrected chi connectivity index (χ0v) is 15.5. The largest absolute Gasteiger partial charge is 0.306 e. The molecule has 0 aliphatic carbocycles. The molecule has 2 rings (SSSR count). The van der Waals surface area contributed by atoms with Gasteiger partial charge in [0, 0.05) is 9.35 Å². The first-order chi connectivity index (χ1) is 10.2. The second-order valence-electron chi connectivity index (χ2n) is 5.26. The molecule has 21 heavy (non-hydrogen) atoms. The van der Waals surface area contributed by atoms with Gasteiger partial charge in [0.1, 0.15) is 0 Å². The van der Waals surface area contributed by atoms with Crippen molar-refractivity contribution in [3.8, 4) is 0 Å². The first kappa shape index (κ1) is 16.7. The van der Waals surface area contributed by atoms with Gasteiger partial charge in [0.15, 0.2) is 0 Å². The van der Waals surface area contributed by atoms with Crippen molar-refractivity contribution in [1.82, 2.24) is 5.32 Å². The fourth-order valence-electron chi connectivity index (χ4n) is 2.60. The number of thiophene rings is 1. The maximum absolute atomic E-state index is 3.74. The summed E-state index contributed by atoms with van der Waals surface area (Å²) in [5.41, 5.74) is 4.30. The summed E-state index contributed by atoms with van der Waals surface area (Å²) in [6.07, 6.45) is 3.31. The number of benzene rings is 1. The highest BCUT2D eigenvalue weighted by atomic mass is 79.9. The summed E-state index contributed by atoms with van der Waals surface area (Å²) in [7, 11) is 0. The fourth-order valence-corrected chi connectivity index (χ4v) is 4.29. The van der Waals surface area contributed by atoms with Crippen molar-refractivity contribution in [3.63, 3.8) is 0 Å². The van der Waals surface area contributed by atoms with Crippen molar-refractivity contribution in [2.75, 3.05) is 6.54 Å². The molecule has 0 saturated heterocycles. The van der Waals surface area contributed by atoms with Crippen LogP contribution in [0.2, 0.25) is 0 Å². The van der Waals surface area contributed by atoms with Gasteiger partial charge in [0.25, 0.3) is 0 Å². The molecule has 1 atom stereocenters. The molecule has 114 valence electrons. The lowest BCUT2D eigenvalue weighted by Gasteiger charge is -2.22. The number of hydrogen-bond acceptors (Lipinski definition) is 2. The molecule has 1 unspecified atom stereocenters. The van der Waals surface area contributed by atoms with E-state index in [9.17, 15) is 0 Å². The SMILES string of the molecule is CCCNC(c1cc(CC)ccc1CC)c1sccc1Br. The Kier molecular flexibility index (Phi) is 6.46. The van der Waals surface area contributed by atoms with Gasteiger partial charge in [-0.1, -0.05) is 39.0 Å². The topological polar surface area (TPSA) is 12.0 Å². The molecule has 1 heterocycles. The van der Waals surface area contributed by atoms with E-state index >= 15 is 0 Å². The Morgan fingerprint density at radius 3 is 2.52 bits per heavy atom. The smallest absolute Gasteiger partial charge is 0.0685 e. The van der Waals surface area contributed by atoms with Gasteiger partial charge in [-0.25, -0.2) is 0 Å². The van der Waals surface area contributed by atoms with Gasteiger partial charge in [-0.3, -0.25) is 0 Å². The minimum atomic E-state index is 0.292. The highest BCUT2D eigenvalue weighted by Gasteiger charge is 2.20. The monoisotopic (exact) mass is 365 g/mol. The fraction of sp³-hybridized carbons (Fsp3) is 0.444. The van der Waals surface area contributed by atoms with Crippen LogP contribution in [0.1, 0.15) is 54.8 Å². The van der Waals surface area contributed by atoms with Gasteiger partial charge in [0.2, 0.25) is 0 Å². The average Bonchev–Trinajstić information content (AvgIpc) is 2.93. The predicted octanol–water partition coefficient (Wildman–Crippen LogP) is 5.72. The summed E-state index contributed by atoms with van der Waals surface area (Å²) < 4.78 is 1.21. The van der Waals surface area contributed by atoms with E-state index in [4.69, 9.17) is 0 Å². The number of hydrogen-bond donors (Lipinski definition) is 1. The van der Waals surface area contributed by atoms with Crippen molar-refractivity contribution < 1.29 is 0 Å². The maximum atomic E-state index is 3.74. The Morgan fingerprint density at radius 1 is 1.14 bits per heavy atom. The van der Waals surface area contributed by atoms with Gasteiger partial charge in [-0.2, -0.15) is 0 Å². The van der Waals surface area contributed by atoms with E-state index in [0.29, 0.717) is 6.04 Å². The normalized spacial score (nSPS) is 12.6. The molecule has 2 aromatic rings. The van der Waals surface area contributed by atoms with Crippen molar-refractivity contribution in [2.45, 2.75) is 46.1 Å². The summed E-state index contributed by atoms with van der Waals surface area (Å²) in [5, 5.41) is 5.90. The lowest BCUT2D eigenvalue weighted by atomic mass is 9.94. The Morgan fingerprint density at radius 2 is 1.95 bits per heavy atom. The molecule has 0 radical (unpaired) electrons. The summed E-state index contributed by atoms with van der Waals surface area (Å²) in [6.45, 7) is 7.72. The molecule has 0 fully saturated rings. The Bertz CT molecular complexity index is 576. The highest BCUT2D eigenvalue weighted by Crippen LogP contribution is 2.35. The number of aryl methyl sites for hydroxylation is 2. The minimum Gasteiger partial charge on any atom is -0.306 e. The maximum Gasteiger partial charge on any atom is 0.0685 e. The average molecular weight is 366 g/mol. The Labute approximate surface area is 140 Å². The van der Waals surface area contributed by atoms with Crippen LogP contribution in [0.15, 0.2) is 34.1 Å². The third-order valence-electron chi connectivity index (χ3n) is 3.82. The first-order valence-corrected chi connectivity index (χ1v) is 9.46. The van der Waals surface area contributed by atoms with Crippen molar-refractivity contribution in [3.05, 3.63) is 55.7 Å². The molecule has 1 aromatic carbocycles. The summed E-state index contributed by atoms with van der Waals surface area (Å²) in [5.74, 6) is 0. The summed E-state index contributed by atoms with van der Waals surface area (Å²) in [6, 6.07) is 9.40. The minimum absolute atomic E-state index is 0.292. The van der Waals surface area contributed by atoms with Crippen LogP contribution in [0.5, 0.6) is 0 Å². The highest BCUT2D eigenvalue weighted by molar-refractivity contribution is 9.10. The molecule has 0 spiro atoms. The quantitative estimate of drug-likeness (QED) is 0.660. The summed E-state index contributed by atoms with van der Waals surface area (Å²) >= 11 is 5.53. The molecule has 1 N–H and O–H groups in total. The summed E-state index contributed by atoms with van der Waals surface area (Å²) in [4.78, 5) is 1.38. The lowest BCUT2D eigenvalue weighted by molar-refractivity contribution is 0.600. The van der Waals surface area contributed by atoms with Gasteiger partial charge < -0.3 is 5.32 Å². The van der Waals surface area contributed by atoms with Crippen LogP contribution in [0.25, 0.3) is 0 Å². The zero-order chi connectivity index (χ0) is 15.2. The third-order valence-corrected chi connectivity index (χ3v) is 5.75. The Hall–Kier alpha value is -0.640. The number of halogens is 1. The van der Waals surface area contributed by atoms with E-state index in [1.807, 2.05) is 11.3 Å². The van der Waals surface area contributed by atoms with E-state index in [2.05, 4.69) is 71.7 Å². The Balaban J connectivity index is 2.47. The van der Waals surface area contributed by atoms with Crippen LogP contribution in [0.4, 0.5) is 0 Å². The molecule has 0 amide bonds. The van der Waals surface area contributed by atoms with Crippen LogP contribution >= 0.6 is 27.3 Å². The van der Waals surface area contributed by atoms with Crippen LogP contribution in [-0.4, -0.2) is 6.54 Å². The molecule has 0 bridgehead atoms. The molecule has 0 aliphatic heterocycles. The standard InChI is InChI=1S/C18H24BrNS/c1-4-10-20-17(18-16(19)9-11-21-18)15-12-13(5-2)7-8-14(15)6-3/h7-9,11-12,17,20H,4-6,10H2,1-3H3. The van der Waals surface area contributed by atoms with Crippen LogP contribution in [-0.2, 0) is 12.8 Å². The van der Waals surface area contributed by atoms with Gasteiger partial charge in [0.05, 0.1) is 6.04 Å². The number of nitrogens with one attached hydrogen (secondary N) is 1. The second-order valence-corrected chi connectivity index (χ2v) is 7.06. The van der Waals surface area contributed by atoms with E-state index in [1.54, 1.807) is 0 Å². The predicted molar refractivity (Wildman–Crippen MR) is 97.4 cm³/mol. The van der Waals surface area contributed by atoms with Crippen molar-refractivity contribution in [2.24, 2.45) is 0 Å². The molecule has 0 aliphatic rings. The van der Waals surface area contributed by atoms with Gasteiger partial charge in [-0.05, 0) is 69.9 Å². The van der Waals surface area contributed by atoms with Gasteiger partial charge in [-0.15, -0.1) is 11.3 Å². The van der Waals surface area contributed by atoms with Gasteiger partial charge >= 0.3 is 0 Å². The van der Waals surface area contributed by atoms with E-state index in [-0.39, 0.29) is 0 Å². The lowest BCUT2D eigenvalue weighted by Crippen LogP contribution is -2.24. The second kappa shape index (κ2) is 8.11. The van der Waals surface area contributed by atoms with Crippen molar-refractivity contribution >= 4 is 27.3 Å². The third kappa shape index (κ3) is 3.97. The molecular formula is C18H24BrNS. The molecular weight excluding hydrogens is 342 g/mol. The van der Waals surface area contributed by atoms with E-state index in [0.717, 1.165) is 25.8 Å². The molecule has 0 saturated carbocycles.